The standard InChI is InChI=1S/C11H25NSi/c1-9(2)6-12(7-10(3)4)11(5)8-13/h9-10H,5-8H2,1-4,13H3. The van der Waals surface area contributed by atoms with Crippen LogP contribution in [0, 0.1) is 11.8 Å². The van der Waals surface area contributed by atoms with Gasteiger partial charge in [-0.15, -0.1) is 0 Å². The van der Waals surface area contributed by atoms with Crippen LogP contribution in [0.5, 0.6) is 0 Å². The van der Waals surface area contributed by atoms with Gasteiger partial charge < -0.3 is 4.90 Å². The number of nitrogens with zero attached hydrogens (tertiary/aromatic N) is 1. The van der Waals surface area contributed by atoms with Gasteiger partial charge in [0.25, 0.3) is 0 Å². The summed E-state index contributed by atoms with van der Waals surface area (Å²) in [5, 5.41) is 0. The Morgan fingerprint density at radius 3 is 1.77 bits per heavy atom. The molecule has 0 N–H and O–H groups in total. The fourth-order valence-electron chi connectivity index (χ4n) is 1.44. The van der Waals surface area contributed by atoms with Crippen molar-refractivity contribution in [2.75, 3.05) is 13.1 Å². The van der Waals surface area contributed by atoms with Crippen LogP contribution in [-0.4, -0.2) is 28.2 Å². The van der Waals surface area contributed by atoms with Crippen LogP contribution in [0.3, 0.4) is 0 Å². The molecule has 78 valence electrons. The van der Waals surface area contributed by atoms with Crippen LogP contribution in [0.1, 0.15) is 27.7 Å². The van der Waals surface area contributed by atoms with Gasteiger partial charge in [-0.1, -0.05) is 34.3 Å². The van der Waals surface area contributed by atoms with E-state index in [1.54, 1.807) is 0 Å². The normalized spacial score (nSPS) is 11.2. The second-order valence-corrected chi connectivity index (χ2v) is 5.32. The van der Waals surface area contributed by atoms with Crippen molar-refractivity contribution in [3.05, 3.63) is 12.3 Å². The molecule has 0 saturated carbocycles. The summed E-state index contributed by atoms with van der Waals surface area (Å²) in [7, 11) is 1.23. The Morgan fingerprint density at radius 2 is 1.54 bits per heavy atom. The minimum atomic E-state index is 0.740. The molecular formula is C11H25NSi. The van der Waals surface area contributed by atoms with E-state index in [1.807, 2.05) is 0 Å². The first-order valence-corrected chi connectivity index (χ1v) is 6.81. The van der Waals surface area contributed by atoms with E-state index in [4.69, 9.17) is 0 Å². The molecule has 0 unspecified atom stereocenters. The average molecular weight is 199 g/mol. The zero-order valence-corrected chi connectivity index (χ0v) is 11.9. The first-order chi connectivity index (χ1) is 5.97. The van der Waals surface area contributed by atoms with Crippen molar-refractivity contribution < 1.29 is 0 Å². The molecule has 13 heavy (non-hydrogen) atoms. The lowest BCUT2D eigenvalue weighted by molar-refractivity contribution is 0.275. The predicted octanol–water partition coefficient (Wildman–Crippen LogP) is 1.90. The van der Waals surface area contributed by atoms with Crippen LogP contribution in [0.2, 0.25) is 6.04 Å². The third-order valence-electron chi connectivity index (χ3n) is 2.03. The Bertz CT molecular complexity index is 142. The molecule has 0 aromatic rings. The van der Waals surface area contributed by atoms with Crippen molar-refractivity contribution in [2.24, 2.45) is 11.8 Å². The largest absolute Gasteiger partial charge is 0.375 e. The van der Waals surface area contributed by atoms with Gasteiger partial charge in [0.1, 0.15) is 0 Å². The topological polar surface area (TPSA) is 3.24 Å². The van der Waals surface area contributed by atoms with E-state index in [0.29, 0.717) is 0 Å². The highest BCUT2D eigenvalue weighted by molar-refractivity contribution is 6.10. The van der Waals surface area contributed by atoms with Crippen LogP contribution in [0.4, 0.5) is 0 Å². The lowest BCUT2D eigenvalue weighted by atomic mass is 10.1. The Balaban J connectivity index is 4.10. The van der Waals surface area contributed by atoms with E-state index < -0.39 is 0 Å². The summed E-state index contributed by atoms with van der Waals surface area (Å²) in [5.41, 5.74) is 1.34. The lowest BCUT2D eigenvalue weighted by Gasteiger charge is -2.29. The Labute approximate surface area is 86.6 Å². The fraction of sp³-hybridized carbons (Fsp3) is 0.818. The Kier molecular flexibility index (Phi) is 6.13. The summed E-state index contributed by atoms with van der Waals surface area (Å²) >= 11 is 0. The molecule has 1 nitrogen and oxygen atoms in total. The van der Waals surface area contributed by atoms with Gasteiger partial charge >= 0.3 is 0 Å². The summed E-state index contributed by atoms with van der Waals surface area (Å²) in [6, 6.07) is 1.21. The third-order valence-corrected chi connectivity index (χ3v) is 2.84. The first kappa shape index (κ1) is 12.8. The molecule has 0 radical (unpaired) electrons. The second-order valence-electron chi connectivity index (χ2n) is 4.61. The SMILES string of the molecule is C=C(C[SiH3])N(CC(C)C)CC(C)C. The van der Waals surface area contributed by atoms with Gasteiger partial charge in [0.05, 0.1) is 0 Å². The summed E-state index contributed by atoms with van der Waals surface area (Å²) in [5.74, 6) is 1.48. The van der Waals surface area contributed by atoms with E-state index >= 15 is 0 Å². The van der Waals surface area contributed by atoms with Gasteiger partial charge in [0.2, 0.25) is 0 Å². The molecule has 0 aromatic carbocycles. The van der Waals surface area contributed by atoms with Crippen molar-refractivity contribution in [1.82, 2.24) is 4.90 Å². The molecule has 0 aliphatic heterocycles. The molecule has 0 spiro atoms. The summed E-state index contributed by atoms with van der Waals surface area (Å²) in [4.78, 5) is 2.46. The molecule has 0 bridgehead atoms. The van der Waals surface area contributed by atoms with Crippen molar-refractivity contribution in [1.29, 1.82) is 0 Å². The molecule has 0 fully saturated rings. The van der Waals surface area contributed by atoms with Crippen LogP contribution >= 0.6 is 0 Å². The van der Waals surface area contributed by atoms with Gasteiger partial charge in [-0.3, -0.25) is 0 Å². The van der Waals surface area contributed by atoms with Crippen LogP contribution in [0.25, 0.3) is 0 Å². The molecule has 0 rings (SSSR count). The number of hydrogen-bond donors (Lipinski definition) is 0. The highest BCUT2D eigenvalue weighted by atomic mass is 28.1. The van der Waals surface area contributed by atoms with Crippen LogP contribution in [0.15, 0.2) is 12.3 Å². The molecular weight excluding hydrogens is 174 g/mol. The van der Waals surface area contributed by atoms with Crippen molar-refractivity contribution in [2.45, 2.75) is 33.7 Å². The van der Waals surface area contributed by atoms with E-state index in [9.17, 15) is 0 Å². The summed E-state index contributed by atoms with van der Waals surface area (Å²) in [6.07, 6.45) is 0. The van der Waals surface area contributed by atoms with Crippen LogP contribution in [-0.2, 0) is 0 Å². The van der Waals surface area contributed by atoms with Crippen LogP contribution < -0.4 is 0 Å². The molecule has 0 heterocycles. The summed E-state index contributed by atoms with van der Waals surface area (Å²) < 4.78 is 0. The number of rotatable bonds is 6. The van der Waals surface area contributed by atoms with Crippen molar-refractivity contribution >= 4 is 10.2 Å². The minimum absolute atomic E-state index is 0.740. The average Bonchev–Trinajstić information content (AvgIpc) is 2.00. The number of allylic oxidation sites excluding steroid dienone is 1. The maximum Gasteiger partial charge on any atom is 0.0197 e. The molecule has 0 atom stereocenters. The van der Waals surface area contributed by atoms with E-state index in [0.717, 1.165) is 11.8 Å². The highest BCUT2D eigenvalue weighted by Crippen LogP contribution is 2.11. The van der Waals surface area contributed by atoms with E-state index in [-0.39, 0.29) is 0 Å². The summed E-state index contributed by atoms with van der Waals surface area (Å²) in [6.45, 7) is 15.6. The molecule has 0 aromatic heterocycles. The van der Waals surface area contributed by atoms with Gasteiger partial charge in [-0.05, 0) is 17.9 Å². The smallest absolute Gasteiger partial charge is 0.0197 e. The molecule has 0 amide bonds. The van der Waals surface area contributed by atoms with E-state index in [1.165, 1.54) is 35.1 Å². The lowest BCUT2D eigenvalue weighted by Crippen LogP contribution is -2.30. The zero-order chi connectivity index (χ0) is 10.4. The van der Waals surface area contributed by atoms with Gasteiger partial charge in [-0.25, -0.2) is 0 Å². The Morgan fingerprint density at radius 1 is 1.15 bits per heavy atom. The van der Waals surface area contributed by atoms with E-state index in [2.05, 4.69) is 39.2 Å². The maximum atomic E-state index is 4.14. The fourth-order valence-corrected chi connectivity index (χ4v) is 1.89. The third kappa shape index (κ3) is 5.91. The highest BCUT2D eigenvalue weighted by Gasteiger charge is 2.09. The second kappa shape index (κ2) is 6.25. The first-order valence-electron chi connectivity index (χ1n) is 5.40. The van der Waals surface area contributed by atoms with Gasteiger partial charge in [-0.2, -0.15) is 0 Å². The Hall–Kier alpha value is -0.243. The monoisotopic (exact) mass is 199 g/mol. The predicted molar refractivity (Wildman–Crippen MR) is 65.1 cm³/mol. The molecule has 0 aliphatic carbocycles. The van der Waals surface area contributed by atoms with Crippen molar-refractivity contribution in [3.8, 4) is 0 Å². The van der Waals surface area contributed by atoms with Gasteiger partial charge in [0, 0.05) is 29.0 Å². The quantitative estimate of drug-likeness (QED) is 0.591. The minimum Gasteiger partial charge on any atom is -0.375 e. The molecule has 0 aliphatic rings. The number of hydrogen-bond acceptors (Lipinski definition) is 1. The molecule has 2 heteroatoms. The maximum absolute atomic E-state index is 4.14. The zero-order valence-electron chi connectivity index (χ0n) is 9.93. The molecule has 0 saturated heterocycles. The van der Waals surface area contributed by atoms with Crippen molar-refractivity contribution in [3.63, 3.8) is 0 Å². The van der Waals surface area contributed by atoms with Gasteiger partial charge in [0.15, 0.2) is 0 Å².